The molecule has 0 fully saturated rings. The first kappa shape index (κ1) is 18.6. The van der Waals surface area contributed by atoms with Gasteiger partial charge in [-0.05, 0) is 24.5 Å². The number of hydrogen-bond acceptors (Lipinski definition) is 6. The number of carbonyl (C=O) groups is 2. The van der Waals surface area contributed by atoms with E-state index in [9.17, 15) is 9.59 Å². The Morgan fingerprint density at radius 3 is 2.65 bits per heavy atom. The van der Waals surface area contributed by atoms with Gasteiger partial charge < -0.3 is 21.6 Å². The maximum absolute atomic E-state index is 11.7. The Balaban J connectivity index is 2.30. The second-order valence-corrected chi connectivity index (χ2v) is 5.09. The largest absolute Gasteiger partial charge is 0.466 e. The van der Waals surface area contributed by atoms with Gasteiger partial charge in [0.2, 0.25) is 5.91 Å². The van der Waals surface area contributed by atoms with Crippen LogP contribution < -0.4 is 16.9 Å². The lowest BCUT2D eigenvalue weighted by atomic mass is 10.0. The molecule has 126 valence electrons. The van der Waals surface area contributed by atoms with Crippen LogP contribution in [-0.4, -0.2) is 37.3 Å². The SMILES string of the molecule is CCOC(=O)CCNC(=O)CC(N)Cc1ccc(C=NN)cc1. The van der Waals surface area contributed by atoms with Gasteiger partial charge in [-0.2, -0.15) is 5.10 Å². The van der Waals surface area contributed by atoms with Crippen molar-refractivity contribution in [2.24, 2.45) is 16.7 Å². The Kier molecular flexibility index (Phi) is 8.38. The Hall–Kier alpha value is -2.41. The molecule has 23 heavy (non-hydrogen) atoms. The summed E-state index contributed by atoms with van der Waals surface area (Å²) in [6.45, 7) is 2.34. The highest BCUT2D eigenvalue weighted by Crippen LogP contribution is 2.06. The molecule has 7 nitrogen and oxygen atoms in total. The van der Waals surface area contributed by atoms with Crippen LogP contribution in [0.4, 0.5) is 0 Å². The monoisotopic (exact) mass is 320 g/mol. The van der Waals surface area contributed by atoms with Gasteiger partial charge in [0.15, 0.2) is 0 Å². The predicted molar refractivity (Wildman–Crippen MR) is 88.8 cm³/mol. The van der Waals surface area contributed by atoms with E-state index in [2.05, 4.69) is 10.4 Å². The molecule has 5 N–H and O–H groups in total. The molecular formula is C16H24N4O3. The molecule has 0 aliphatic rings. The third kappa shape index (κ3) is 7.96. The lowest BCUT2D eigenvalue weighted by molar-refractivity contribution is -0.143. The molecule has 0 aliphatic heterocycles. The molecule has 0 saturated heterocycles. The van der Waals surface area contributed by atoms with E-state index < -0.39 is 0 Å². The van der Waals surface area contributed by atoms with E-state index in [1.54, 1.807) is 13.1 Å². The number of hydrogen-bond donors (Lipinski definition) is 3. The summed E-state index contributed by atoms with van der Waals surface area (Å²) in [4.78, 5) is 22.9. The van der Waals surface area contributed by atoms with Gasteiger partial charge >= 0.3 is 5.97 Å². The zero-order chi connectivity index (χ0) is 17.1. The van der Waals surface area contributed by atoms with Crippen molar-refractivity contribution in [3.8, 4) is 0 Å². The smallest absolute Gasteiger partial charge is 0.307 e. The van der Waals surface area contributed by atoms with Gasteiger partial charge in [-0.25, -0.2) is 0 Å². The summed E-state index contributed by atoms with van der Waals surface area (Å²) in [5.41, 5.74) is 7.92. The van der Waals surface area contributed by atoms with Crippen molar-refractivity contribution in [1.82, 2.24) is 5.32 Å². The van der Waals surface area contributed by atoms with Crippen LogP contribution in [0.1, 0.15) is 30.9 Å². The zero-order valence-electron chi connectivity index (χ0n) is 13.3. The summed E-state index contributed by atoms with van der Waals surface area (Å²) >= 11 is 0. The quantitative estimate of drug-likeness (QED) is 0.262. The van der Waals surface area contributed by atoms with Crippen LogP contribution in [0.2, 0.25) is 0 Å². The first-order valence-corrected chi connectivity index (χ1v) is 7.55. The third-order valence-electron chi connectivity index (χ3n) is 3.11. The minimum Gasteiger partial charge on any atom is -0.466 e. The molecule has 0 bridgehead atoms. The van der Waals surface area contributed by atoms with Crippen LogP contribution in [0.5, 0.6) is 0 Å². The summed E-state index contributed by atoms with van der Waals surface area (Å²) in [6, 6.07) is 7.34. The maximum Gasteiger partial charge on any atom is 0.307 e. The summed E-state index contributed by atoms with van der Waals surface area (Å²) in [5.74, 6) is 4.59. The number of nitrogens with one attached hydrogen (secondary N) is 1. The highest BCUT2D eigenvalue weighted by atomic mass is 16.5. The van der Waals surface area contributed by atoms with Gasteiger partial charge in [0.05, 0.1) is 19.2 Å². The number of hydrazone groups is 1. The average Bonchev–Trinajstić information content (AvgIpc) is 2.49. The molecule has 0 aliphatic carbocycles. The summed E-state index contributed by atoms with van der Waals surface area (Å²) in [6.07, 6.45) is 2.51. The molecule has 7 heteroatoms. The van der Waals surface area contributed by atoms with Crippen LogP contribution in [0.15, 0.2) is 29.4 Å². The average molecular weight is 320 g/mol. The van der Waals surface area contributed by atoms with E-state index in [0.29, 0.717) is 13.0 Å². The van der Waals surface area contributed by atoms with E-state index >= 15 is 0 Å². The maximum atomic E-state index is 11.7. The van der Waals surface area contributed by atoms with Crippen LogP contribution in [0.25, 0.3) is 0 Å². The van der Waals surface area contributed by atoms with Crippen molar-refractivity contribution in [2.45, 2.75) is 32.2 Å². The number of amides is 1. The van der Waals surface area contributed by atoms with Crippen molar-refractivity contribution in [3.05, 3.63) is 35.4 Å². The van der Waals surface area contributed by atoms with E-state index in [1.807, 2.05) is 24.3 Å². The fraction of sp³-hybridized carbons (Fsp3) is 0.438. The fourth-order valence-corrected chi connectivity index (χ4v) is 2.05. The molecule has 0 radical (unpaired) electrons. The minimum absolute atomic E-state index is 0.166. The van der Waals surface area contributed by atoms with Crippen LogP contribution in [0.3, 0.4) is 0 Å². The third-order valence-corrected chi connectivity index (χ3v) is 3.11. The Bertz CT molecular complexity index is 529. The highest BCUT2D eigenvalue weighted by molar-refractivity contribution is 5.79. The van der Waals surface area contributed by atoms with E-state index in [1.165, 1.54) is 0 Å². The predicted octanol–water partition coefficient (Wildman–Crippen LogP) is 0.309. The number of benzene rings is 1. The highest BCUT2D eigenvalue weighted by Gasteiger charge is 2.11. The van der Waals surface area contributed by atoms with Crippen molar-refractivity contribution >= 4 is 18.1 Å². The molecule has 1 rings (SSSR count). The number of carbonyl (C=O) groups excluding carboxylic acids is 2. The second kappa shape index (κ2) is 10.3. The van der Waals surface area contributed by atoms with Crippen molar-refractivity contribution in [3.63, 3.8) is 0 Å². The molecule has 1 amide bonds. The zero-order valence-corrected chi connectivity index (χ0v) is 13.3. The number of esters is 1. The number of nitrogens with zero attached hydrogens (tertiary/aromatic N) is 1. The van der Waals surface area contributed by atoms with Gasteiger partial charge in [0, 0.05) is 19.0 Å². The molecule has 0 spiro atoms. The van der Waals surface area contributed by atoms with E-state index in [-0.39, 0.29) is 37.3 Å². The molecule has 1 atom stereocenters. The standard InChI is InChI=1S/C16H24N4O3/c1-2-23-16(22)7-8-19-15(21)10-14(17)9-12-3-5-13(6-4-12)11-20-18/h3-6,11,14H,2,7-10,17-18H2,1H3,(H,19,21). The second-order valence-electron chi connectivity index (χ2n) is 5.09. The Labute approximate surface area is 136 Å². The molecule has 1 unspecified atom stereocenters. The van der Waals surface area contributed by atoms with Gasteiger partial charge in [0.1, 0.15) is 0 Å². The molecule has 0 saturated carbocycles. The van der Waals surface area contributed by atoms with Gasteiger partial charge in [0.25, 0.3) is 0 Å². The van der Waals surface area contributed by atoms with Gasteiger partial charge in [-0.3, -0.25) is 9.59 Å². The van der Waals surface area contributed by atoms with Crippen LogP contribution in [0, 0.1) is 0 Å². The van der Waals surface area contributed by atoms with Crippen LogP contribution >= 0.6 is 0 Å². The van der Waals surface area contributed by atoms with Crippen LogP contribution in [-0.2, 0) is 20.7 Å². The number of ether oxygens (including phenoxy) is 1. The normalized spacial score (nSPS) is 12.1. The van der Waals surface area contributed by atoms with E-state index in [0.717, 1.165) is 11.1 Å². The first-order valence-electron chi connectivity index (χ1n) is 7.55. The lowest BCUT2D eigenvalue weighted by Crippen LogP contribution is -2.34. The summed E-state index contributed by atoms with van der Waals surface area (Å²) in [7, 11) is 0. The lowest BCUT2D eigenvalue weighted by Gasteiger charge is -2.12. The summed E-state index contributed by atoms with van der Waals surface area (Å²) < 4.78 is 4.78. The Morgan fingerprint density at radius 1 is 1.35 bits per heavy atom. The molecule has 0 aromatic heterocycles. The molecule has 0 heterocycles. The molecule has 1 aromatic carbocycles. The van der Waals surface area contributed by atoms with Gasteiger partial charge in [-0.1, -0.05) is 24.3 Å². The van der Waals surface area contributed by atoms with Gasteiger partial charge in [-0.15, -0.1) is 0 Å². The molecule has 1 aromatic rings. The fourth-order valence-electron chi connectivity index (χ4n) is 2.05. The topological polar surface area (TPSA) is 120 Å². The first-order chi connectivity index (χ1) is 11.0. The number of rotatable bonds is 9. The molecular weight excluding hydrogens is 296 g/mol. The van der Waals surface area contributed by atoms with Crippen molar-refractivity contribution in [1.29, 1.82) is 0 Å². The Morgan fingerprint density at radius 2 is 2.04 bits per heavy atom. The van der Waals surface area contributed by atoms with Crippen molar-refractivity contribution < 1.29 is 14.3 Å². The number of nitrogens with two attached hydrogens (primary N) is 2. The van der Waals surface area contributed by atoms with E-state index in [4.69, 9.17) is 16.3 Å². The van der Waals surface area contributed by atoms with Crippen molar-refractivity contribution in [2.75, 3.05) is 13.2 Å². The minimum atomic E-state index is -0.321. The summed E-state index contributed by atoms with van der Waals surface area (Å²) in [5, 5.41) is 6.12.